The molecule has 0 saturated heterocycles. The van der Waals surface area contributed by atoms with Crippen LogP contribution in [-0.4, -0.2) is 0 Å². The Morgan fingerprint density at radius 1 is 0.315 bits per heavy atom. The molecule has 0 amide bonds. The largest absolute Gasteiger partial charge is 0.310 e. The minimum absolute atomic E-state index is 0.481. The van der Waals surface area contributed by atoms with Gasteiger partial charge in [0, 0.05) is 16.9 Å². The topological polar surface area (TPSA) is 3.24 Å². The molecule has 0 unspecified atom stereocenters. The third-order valence-corrected chi connectivity index (χ3v) is 11.2. The van der Waals surface area contributed by atoms with Gasteiger partial charge >= 0.3 is 0 Å². The summed E-state index contributed by atoms with van der Waals surface area (Å²) in [6.45, 7) is 0. The second-order valence-corrected chi connectivity index (χ2v) is 14.0. The van der Waals surface area contributed by atoms with Crippen molar-refractivity contribution in [1.82, 2.24) is 0 Å². The summed E-state index contributed by atoms with van der Waals surface area (Å²) in [6.07, 6.45) is 0. The fourth-order valence-corrected chi connectivity index (χ4v) is 8.79. The number of nitrogens with zero attached hydrogens (tertiary/aromatic N) is 1. The van der Waals surface area contributed by atoms with Crippen molar-refractivity contribution < 1.29 is 0 Å². The van der Waals surface area contributed by atoms with Gasteiger partial charge in [-0.25, -0.2) is 0 Å². The standard InChI is InChI=1S/C53H37N/c1-4-16-38(17-5-1)39-30-34-44(35-31-39)54(45-36-32-41(33-37-45)47-26-14-19-40-18-10-11-24-46(40)47)51-29-15-28-50-52(51)48-25-12-13-27-49(48)53(50,42-20-6-2-7-21-42)43-22-8-3-9-23-43/h1-37H. The van der Waals surface area contributed by atoms with E-state index >= 15 is 0 Å². The van der Waals surface area contributed by atoms with E-state index in [1.165, 1.54) is 66.4 Å². The number of hydrogen-bond acceptors (Lipinski definition) is 1. The fraction of sp³-hybridized carbons (Fsp3) is 0.0189. The summed E-state index contributed by atoms with van der Waals surface area (Å²) >= 11 is 0. The van der Waals surface area contributed by atoms with Gasteiger partial charge in [-0.05, 0) is 91.2 Å². The zero-order valence-corrected chi connectivity index (χ0v) is 29.8. The molecule has 9 aromatic rings. The first kappa shape index (κ1) is 31.7. The van der Waals surface area contributed by atoms with Gasteiger partial charge in [-0.15, -0.1) is 0 Å². The van der Waals surface area contributed by atoms with Crippen molar-refractivity contribution in [3.05, 3.63) is 247 Å². The Bertz CT molecular complexity index is 2690. The summed E-state index contributed by atoms with van der Waals surface area (Å²) in [6, 6.07) is 81.9. The zero-order chi connectivity index (χ0) is 35.9. The molecule has 0 atom stereocenters. The molecular weight excluding hydrogens is 651 g/mol. The highest BCUT2D eigenvalue weighted by Crippen LogP contribution is 2.59. The van der Waals surface area contributed by atoms with E-state index in [1.54, 1.807) is 0 Å². The maximum atomic E-state index is 2.45. The lowest BCUT2D eigenvalue weighted by Crippen LogP contribution is -2.28. The van der Waals surface area contributed by atoms with Crippen molar-refractivity contribution in [2.24, 2.45) is 0 Å². The number of anilines is 3. The van der Waals surface area contributed by atoms with Crippen LogP contribution in [0.2, 0.25) is 0 Å². The normalized spacial score (nSPS) is 12.6. The number of benzene rings is 9. The second kappa shape index (κ2) is 13.2. The number of hydrogen-bond donors (Lipinski definition) is 0. The van der Waals surface area contributed by atoms with E-state index in [1.807, 2.05) is 0 Å². The molecule has 0 saturated carbocycles. The van der Waals surface area contributed by atoms with Gasteiger partial charge in [-0.2, -0.15) is 0 Å². The lowest BCUT2D eigenvalue weighted by atomic mass is 9.68. The average Bonchev–Trinajstić information content (AvgIpc) is 3.57. The van der Waals surface area contributed by atoms with Gasteiger partial charge in [0.15, 0.2) is 0 Å². The molecule has 254 valence electrons. The molecule has 10 rings (SSSR count). The molecule has 0 bridgehead atoms. The predicted octanol–water partition coefficient (Wildman–Crippen LogP) is 14.0. The van der Waals surface area contributed by atoms with Crippen molar-refractivity contribution in [2.45, 2.75) is 5.41 Å². The SMILES string of the molecule is c1ccc(-c2ccc(N(c3ccc(-c4cccc5ccccc45)cc3)c3cccc4c3-c3ccccc3C4(c3ccccc3)c3ccccc3)cc2)cc1. The predicted molar refractivity (Wildman–Crippen MR) is 227 cm³/mol. The summed E-state index contributed by atoms with van der Waals surface area (Å²) in [5.74, 6) is 0. The van der Waals surface area contributed by atoms with Gasteiger partial charge in [-0.1, -0.05) is 194 Å². The zero-order valence-electron chi connectivity index (χ0n) is 29.8. The Balaban J connectivity index is 1.20. The fourth-order valence-electron chi connectivity index (χ4n) is 8.79. The minimum atomic E-state index is -0.481. The van der Waals surface area contributed by atoms with Crippen LogP contribution in [0.5, 0.6) is 0 Å². The summed E-state index contributed by atoms with van der Waals surface area (Å²) in [5, 5.41) is 2.51. The second-order valence-electron chi connectivity index (χ2n) is 14.0. The molecule has 0 radical (unpaired) electrons. The Morgan fingerprint density at radius 2 is 0.796 bits per heavy atom. The molecule has 0 fully saturated rings. The quantitative estimate of drug-likeness (QED) is 0.161. The third kappa shape index (κ3) is 5.09. The molecule has 1 aliphatic carbocycles. The van der Waals surface area contributed by atoms with Crippen molar-refractivity contribution in [3.8, 4) is 33.4 Å². The molecule has 1 heteroatoms. The molecule has 1 nitrogen and oxygen atoms in total. The van der Waals surface area contributed by atoms with Crippen LogP contribution in [-0.2, 0) is 5.41 Å². The van der Waals surface area contributed by atoms with Gasteiger partial charge in [0.2, 0.25) is 0 Å². The molecule has 0 N–H and O–H groups in total. The van der Waals surface area contributed by atoms with Crippen LogP contribution in [0.25, 0.3) is 44.2 Å². The number of rotatable bonds is 7. The van der Waals surface area contributed by atoms with Gasteiger partial charge in [-0.3, -0.25) is 0 Å². The Morgan fingerprint density at radius 3 is 1.48 bits per heavy atom. The average molecular weight is 688 g/mol. The summed E-state index contributed by atoms with van der Waals surface area (Å²) in [4.78, 5) is 2.45. The monoisotopic (exact) mass is 687 g/mol. The summed E-state index contributed by atoms with van der Waals surface area (Å²) < 4.78 is 0. The lowest BCUT2D eigenvalue weighted by Gasteiger charge is -2.34. The maximum absolute atomic E-state index is 2.45. The molecule has 0 spiro atoms. The molecule has 0 heterocycles. The summed E-state index contributed by atoms with van der Waals surface area (Å²) in [7, 11) is 0. The van der Waals surface area contributed by atoms with Crippen molar-refractivity contribution in [3.63, 3.8) is 0 Å². The minimum Gasteiger partial charge on any atom is -0.310 e. The molecular formula is C53H37N. The first-order valence-electron chi connectivity index (χ1n) is 18.7. The highest BCUT2D eigenvalue weighted by Gasteiger charge is 2.47. The molecule has 1 aliphatic rings. The van der Waals surface area contributed by atoms with Gasteiger partial charge < -0.3 is 4.90 Å². The first-order chi connectivity index (χ1) is 26.8. The molecule has 54 heavy (non-hydrogen) atoms. The van der Waals surface area contributed by atoms with E-state index < -0.39 is 5.41 Å². The van der Waals surface area contributed by atoms with Crippen LogP contribution in [0.3, 0.4) is 0 Å². The summed E-state index contributed by atoms with van der Waals surface area (Å²) in [5.41, 5.74) is 15.4. The smallest absolute Gasteiger partial charge is 0.0714 e. The maximum Gasteiger partial charge on any atom is 0.0714 e. The number of fused-ring (bicyclic) bond motifs is 4. The van der Waals surface area contributed by atoms with Crippen LogP contribution < -0.4 is 4.90 Å². The van der Waals surface area contributed by atoms with Crippen LogP contribution in [0.1, 0.15) is 22.3 Å². The van der Waals surface area contributed by atoms with Crippen molar-refractivity contribution in [2.75, 3.05) is 4.90 Å². The Hall–Kier alpha value is -6.96. The van der Waals surface area contributed by atoms with E-state index in [0.717, 1.165) is 17.1 Å². The molecule has 0 aliphatic heterocycles. The lowest BCUT2D eigenvalue weighted by molar-refractivity contribution is 0.768. The highest BCUT2D eigenvalue weighted by molar-refractivity contribution is 5.99. The Labute approximate surface area is 317 Å². The van der Waals surface area contributed by atoms with Gasteiger partial charge in [0.25, 0.3) is 0 Å². The van der Waals surface area contributed by atoms with E-state index in [-0.39, 0.29) is 0 Å². The van der Waals surface area contributed by atoms with Crippen LogP contribution in [0.4, 0.5) is 17.1 Å². The third-order valence-electron chi connectivity index (χ3n) is 11.2. The Kier molecular flexibility index (Phi) is 7.78. The van der Waals surface area contributed by atoms with Gasteiger partial charge in [0.1, 0.15) is 0 Å². The molecule has 9 aromatic carbocycles. The van der Waals surface area contributed by atoms with E-state index in [9.17, 15) is 0 Å². The van der Waals surface area contributed by atoms with Crippen LogP contribution in [0, 0.1) is 0 Å². The van der Waals surface area contributed by atoms with Crippen LogP contribution >= 0.6 is 0 Å². The molecule has 0 aromatic heterocycles. The van der Waals surface area contributed by atoms with E-state index in [0.29, 0.717) is 0 Å². The first-order valence-corrected chi connectivity index (χ1v) is 18.7. The van der Waals surface area contributed by atoms with E-state index in [4.69, 9.17) is 0 Å². The van der Waals surface area contributed by atoms with Gasteiger partial charge in [0.05, 0.1) is 11.1 Å². The highest BCUT2D eigenvalue weighted by atomic mass is 15.1. The van der Waals surface area contributed by atoms with E-state index in [2.05, 4.69) is 229 Å². The van der Waals surface area contributed by atoms with Crippen molar-refractivity contribution in [1.29, 1.82) is 0 Å². The van der Waals surface area contributed by atoms with Crippen molar-refractivity contribution >= 4 is 27.8 Å². The van der Waals surface area contributed by atoms with Crippen LogP contribution in [0.15, 0.2) is 224 Å².